The number of carbonyl (C=O) groups is 1. The first-order valence-corrected chi connectivity index (χ1v) is 7.35. The van der Waals surface area contributed by atoms with Crippen LogP contribution in [0.2, 0.25) is 0 Å². The van der Waals surface area contributed by atoms with Gasteiger partial charge in [0.15, 0.2) is 0 Å². The molecule has 26 heavy (non-hydrogen) atoms. The van der Waals surface area contributed by atoms with E-state index >= 15 is 0 Å². The third-order valence-corrected chi connectivity index (χ3v) is 3.69. The molecule has 0 spiro atoms. The summed E-state index contributed by atoms with van der Waals surface area (Å²) in [5.41, 5.74) is -0.00691. The fourth-order valence-electron chi connectivity index (χ4n) is 2.52. The van der Waals surface area contributed by atoms with Crippen LogP contribution in [0.4, 0.5) is 24.5 Å². The molecule has 1 amide bonds. The maximum Gasteiger partial charge on any atom is 0.420 e. The number of nitrogens with one attached hydrogen (secondary N) is 1. The number of alkyl halides is 3. The minimum absolute atomic E-state index is 0.0623. The summed E-state index contributed by atoms with van der Waals surface area (Å²) >= 11 is 0. The number of nitriles is 1. The van der Waals surface area contributed by atoms with Gasteiger partial charge < -0.3 is 10.1 Å². The van der Waals surface area contributed by atoms with Gasteiger partial charge in [0.2, 0.25) is 5.91 Å². The number of aliphatic imine (C=N–C) groups is 1. The molecule has 1 aliphatic heterocycles. The van der Waals surface area contributed by atoms with Crippen molar-refractivity contribution in [1.29, 1.82) is 5.26 Å². The Bertz CT molecular complexity index is 961. The number of ether oxygens (including phenoxy) is 1. The van der Waals surface area contributed by atoms with E-state index in [0.717, 1.165) is 19.2 Å². The van der Waals surface area contributed by atoms with Crippen LogP contribution in [0.15, 0.2) is 35.5 Å². The van der Waals surface area contributed by atoms with Gasteiger partial charge in [0.1, 0.15) is 17.5 Å². The van der Waals surface area contributed by atoms with E-state index in [0.29, 0.717) is 11.3 Å². The molecule has 1 N–H and O–H groups in total. The van der Waals surface area contributed by atoms with E-state index in [-0.39, 0.29) is 23.5 Å². The quantitative estimate of drug-likeness (QED) is 0.889. The van der Waals surface area contributed by atoms with E-state index in [1.807, 2.05) is 6.07 Å². The summed E-state index contributed by atoms with van der Waals surface area (Å²) in [7, 11) is 1.12. The fourth-order valence-corrected chi connectivity index (χ4v) is 2.52. The highest BCUT2D eigenvalue weighted by Gasteiger charge is 2.36. The van der Waals surface area contributed by atoms with Crippen LogP contribution >= 0.6 is 0 Å². The second-order valence-corrected chi connectivity index (χ2v) is 5.39. The molecule has 9 heteroatoms. The van der Waals surface area contributed by atoms with Gasteiger partial charge in [-0.1, -0.05) is 0 Å². The average Bonchev–Trinajstić information content (AvgIpc) is 2.77. The van der Waals surface area contributed by atoms with Gasteiger partial charge in [-0.2, -0.15) is 18.4 Å². The summed E-state index contributed by atoms with van der Waals surface area (Å²) < 4.78 is 44.3. The molecule has 2 heterocycles. The number of benzene rings is 1. The first kappa shape index (κ1) is 17.4. The zero-order chi connectivity index (χ0) is 18.9. The third-order valence-electron chi connectivity index (χ3n) is 3.69. The molecule has 0 aliphatic carbocycles. The molecule has 0 atom stereocenters. The van der Waals surface area contributed by atoms with Crippen molar-refractivity contribution in [2.45, 2.75) is 12.6 Å². The average molecular weight is 360 g/mol. The van der Waals surface area contributed by atoms with Crippen molar-refractivity contribution in [3.63, 3.8) is 0 Å². The van der Waals surface area contributed by atoms with Gasteiger partial charge in [-0.25, -0.2) is 9.98 Å². The molecule has 1 aromatic heterocycles. The van der Waals surface area contributed by atoms with Crippen LogP contribution in [0.5, 0.6) is 5.75 Å². The predicted octanol–water partition coefficient (Wildman–Crippen LogP) is 3.44. The molecule has 1 aromatic carbocycles. The molecule has 0 bridgehead atoms. The van der Waals surface area contributed by atoms with Crippen molar-refractivity contribution >= 4 is 23.0 Å². The predicted molar refractivity (Wildman–Crippen MR) is 86.4 cm³/mol. The lowest BCUT2D eigenvalue weighted by Crippen LogP contribution is -2.15. The maximum absolute atomic E-state index is 13.2. The summed E-state index contributed by atoms with van der Waals surface area (Å²) in [6, 6.07) is 6.83. The van der Waals surface area contributed by atoms with E-state index in [9.17, 15) is 18.0 Å². The summed E-state index contributed by atoms with van der Waals surface area (Å²) in [4.78, 5) is 20.3. The van der Waals surface area contributed by atoms with Gasteiger partial charge in [0.25, 0.3) is 0 Å². The monoisotopic (exact) mass is 360 g/mol. The van der Waals surface area contributed by atoms with Crippen molar-refractivity contribution in [3.05, 3.63) is 47.3 Å². The number of halogens is 3. The minimum atomic E-state index is -4.64. The molecule has 0 saturated carbocycles. The lowest BCUT2D eigenvalue weighted by atomic mass is 10.1. The Morgan fingerprint density at radius 1 is 1.31 bits per heavy atom. The van der Waals surface area contributed by atoms with Crippen LogP contribution in [0, 0.1) is 11.3 Å². The standard InChI is InChI=1S/C17H11F3N4O2/c1-26-15-6-14-13(5-11(15)17(18,19)20)24-16(25)7-12(23-14)9-2-3-22-10(4-9)8-21/h2-6H,7H2,1H3,(H,24,25). The minimum Gasteiger partial charge on any atom is -0.496 e. The normalized spacial score (nSPS) is 13.8. The molecule has 132 valence electrons. The Morgan fingerprint density at radius 2 is 2.08 bits per heavy atom. The van der Waals surface area contributed by atoms with Gasteiger partial charge in [-0.15, -0.1) is 0 Å². The van der Waals surface area contributed by atoms with Crippen molar-refractivity contribution in [1.82, 2.24) is 4.98 Å². The Morgan fingerprint density at radius 3 is 2.73 bits per heavy atom. The third kappa shape index (κ3) is 3.35. The SMILES string of the molecule is COc1cc2c(cc1C(F)(F)F)NC(=O)CC(c1ccnc(C#N)c1)=N2. The zero-order valence-corrected chi connectivity index (χ0v) is 13.4. The van der Waals surface area contributed by atoms with E-state index in [4.69, 9.17) is 10.00 Å². The number of methoxy groups -OCH3 is 1. The Kier molecular flexibility index (Phi) is 4.34. The maximum atomic E-state index is 13.2. The number of amides is 1. The summed E-state index contributed by atoms with van der Waals surface area (Å²) in [5, 5.41) is 11.4. The van der Waals surface area contributed by atoms with Crippen LogP contribution in [-0.4, -0.2) is 23.7 Å². The van der Waals surface area contributed by atoms with Crippen molar-refractivity contribution < 1.29 is 22.7 Å². The largest absolute Gasteiger partial charge is 0.496 e. The van der Waals surface area contributed by atoms with E-state index in [1.165, 1.54) is 12.3 Å². The lowest BCUT2D eigenvalue weighted by molar-refractivity contribution is -0.138. The molecule has 1 aliphatic rings. The summed E-state index contributed by atoms with van der Waals surface area (Å²) in [6.07, 6.45) is -3.41. The molecule has 2 aromatic rings. The van der Waals surface area contributed by atoms with Gasteiger partial charge in [-0.05, 0) is 18.2 Å². The van der Waals surface area contributed by atoms with E-state index in [1.54, 1.807) is 6.07 Å². The van der Waals surface area contributed by atoms with Crippen LogP contribution in [0.1, 0.15) is 23.2 Å². The first-order chi connectivity index (χ1) is 12.3. The molecule has 3 rings (SSSR count). The summed E-state index contributed by atoms with van der Waals surface area (Å²) in [5.74, 6) is -0.918. The van der Waals surface area contributed by atoms with Crippen LogP contribution in [-0.2, 0) is 11.0 Å². The van der Waals surface area contributed by atoms with Gasteiger partial charge in [0, 0.05) is 17.8 Å². The van der Waals surface area contributed by atoms with Crippen molar-refractivity contribution in [2.75, 3.05) is 12.4 Å². The lowest BCUT2D eigenvalue weighted by Gasteiger charge is -2.15. The number of carbonyl (C=O) groups excluding carboxylic acids is 1. The highest BCUT2D eigenvalue weighted by atomic mass is 19.4. The molecular formula is C17H11F3N4O2. The number of nitrogens with zero attached hydrogens (tertiary/aromatic N) is 3. The first-order valence-electron chi connectivity index (χ1n) is 7.35. The molecule has 0 unspecified atom stereocenters. The van der Waals surface area contributed by atoms with Crippen LogP contribution < -0.4 is 10.1 Å². The molecule has 0 saturated heterocycles. The fraction of sp³-hybridized carbons (Fsp3) is 0.176. The van der Waals surface area contributed by atoms with E-state index in [2.05, 4.69) is 15.3 Å². The zero-order valence-electron chi connectivity index (χ0n) is 13.4. The van der Waals surface area contributed by atoms with Gasteiger partial charge in [-0.3, -0.25) is 4.79 Å². The number of fused-ring (bicyclic) bond motifs is 1. The van der Waals surface area contributed by atoms with Crippen molar-refractivity contribution in [2.24, 2.45) is 4.99 Å². The van der Waals surface area contributed by atoms with Crippen molar-refractivity contribution in [3.8, 4) is 11.8 Å². The van der Waals surface area contributed by atoms with Crippen LogP contribution in [0.25, 0.3) is 0 Å². The second kappa shape index (κ2) is 6.48. The Balaban J connectivity index is 2.17. The number of pyridine rings is 1. The number of anilines is 1. The topological polar surface area (TPSA) is 87.4 Å². The molecule has 6 nitrogen and oxygen atoms in total. The molecule has 0 fully saturated rings. The molecular weight excluding hydrogens is 349 g/mol. The number of hydrogen-bond acceptors (Lipinski definition) is 5. The highest BCUT2D eigenvalue weighted by molar-refractivity contribution is 6.17. The highest BCUT2D eigenvalue weighted by Crippen LogP contribution is 2.42. The number of rotatable bonds is 2. The van der Waals surface area contributed by atoms with Gasteiger partial charge in [0.05, 0.1) is 36.2 Å². The second-order valence-electron chi connectivity index (χ2n) is 5.39. The Labute approximate surface area is 146 Å². The molecule has 0 radical (unpaired) electrons. The smallest absolute Gasteiger partial charge is 0.420 e. The van der Waals surface area contributed by atoms with Gasteiger partial charge >= 0.3 is 6.18 Å². The van der Waals surface area contributed by atoms with E-state index < -0.39 is 23.4 Å². The number of hydrogen-bond donors (Lipinski definition) is 1. The number of aromatic nitrogens is 1. The Hall–Kier alpha value is -3.41. The summed E-state index contributed by atoms with van der Waals surface area (Å²) in [6.45, 7) is 0. The van der Waals surface area contributed by atoms with Crippen LogP contribution in [0.3, 0.4) is 0 Å².